The van der Waals surface area contributed by atoms with Crippen molar-refractivity contribution in [2.24, 2.45) is 5.73 Å². The lowest BCUT2D eigenvalue weighted by atomic mass is 10.0. The Hall–Kier alpha value is -0.930. The van der Waals surface area contributed by atoms with Gasteiger partial charge < -0.3 is 15.2 Å². The second-order valence-electron chi connectivity index (χ2n) is 3.94. The summed E-state index contributed by atoms with van der Waals surface area (Å²) in [4.78, 5) is 0. The molecule has 96 valence electrons. The topological polar surface area (TPSA) is 44.5 Å². The van der Waals surface area contributed by atoms with Crippen LogP contribution in [0.1, 0.15) is 24.0 Å². The van der Waals surface area contributed by atoms with E-state index in [1.165, 1.54) is 0 Å². The van der Waals surface area contributed by atoms with Gasteiger partial charge >= 0.3 is 0 Å². The fraction of sp³-hybridized carbons (Fsp3) is 0.538. The fourth-order valence-electron chi connectivity index (χ4n) is 1.87. The molecule has 0 aliphatic carbocycles. The number of rotatable bonds is 6. The summed E-state index contributed by atoms with van der Waals surface area (Å²) in [5, 5.41) is 0.713. The Kier molecular flexibility index (Phi) is 5.59. The molecular weight excluding hydrogens is 238 g/mol. The summed E-state index contributed by atoms with van der Waals surface area (Å²) >= 11 is 6.18. The molecule has 17 heavy (non-hydrogen) atoms. The minimum Gasteiger partial charge on any atom is -0.493 e. The van der Waals surface area contributed by atoms with Crippen LogP contribution in [0.3, 0.4) is 0 Å². The maximum Gasteiger partial charge on any atom is 0.164 e. The van der Waals surface area contributed by atoms with Gasteiger partial charge in [0, 0.05) is 16.7 Å². The van der Waals surface area contributed by atoms with E-state index >= 15 is 0 Å². The molecule has 1 aromatic carbocycles. The van der Waals surface area contributed by atoms with Crippen LogP contribution in [0.15, 0.2) is 6.07 Å². The maximum absolute atomic E-state index is 6.18. The van der Waals surface area contributed by atoms with E-state index in [1.807, 2.05) is 6.92 Å². The number of ether oxygens (including phenoxy) is 2. The van der Waals surface area contributed by atoms with Crippen LogP contribution >= 0.6 is 11.6 Å². The number of hydrogen-bond donors (Lipinski definition) is 1. The van der Waals surface area contributed by atoms with E-state index in [0.717, 1.165) is 36.1 Å². The van der Waals surface area contributed by atoms with Gasteiger partial charge in [0.2, 0.25) is 0 Å². The van der Waals surface area contributed by atoms with Crippen LogP contribution in [0.5, 0.6) is 11.5 Å². The third-order valence-electron chi connectivity index (χ3n) is 2.87. The molecule has 0 unspecified atom stereocenters. The van der Waals surface area contributed by atoms with Crippen LogP contribution in [0, 0.1) is 6.92 Å². The van der Waals surface area contributed by atoms with Gasteiger partial charge in [-0.3, -0.25) is 0 Å². The summed E-state index contributed by atoms with van der Waals surface area (Å²) in [6, 6.07) is 1.79. The van der Waals surface area contributed by atoms with Gasteiger partial charge in [-0.1, -0.05) is 11.6 Å². The molecule has 1 aromatic rings. The smallest absolute Gasteiger partial charge is 0.164 e. The highest BCUT2D eigenvalue weighted by Gasteiger charge is 2.15. The Bertz CT molecular complexity index is 380. The van der Waals surface area contributed by atoms with Crippen molar-refractivity contribution in [1.82, 2.24) is 0 Å². The van der Waals surface area contributed by atoms with Crippen molar-refractivity contribution in [3.63, 3.8) is 0 Å². The minimum absolute atomic E-state index is 0.686. The van der Waals surface area contributed by atoms with Crippen LogP contribution < -0.4 is 15.2 Å². The first-order valence-electron chi connectivity index (χ1n) is 5.75. The molecule has 0 aromatic heterocycles. The summed E-state index contributed by atoms with van der Waals surface area (Å²) in [6.45, 7) is 2.71. The number of unbranched alkanes of at least 4 members (excludes halogenated alkanes) is 1. The molecule has 0 radical (unpaired) electrons. The Labute approximate surface area is 108 Å². The average molecular weight is 258 g/mol. The summed E-state index contributed by atoms with van der Waals surface area (Å²) in [6.07, 6.45) is 2.93. The Morgan fingerprint density at radius 1 is 1.24 bits per heavy atom. The number of benzene rings is 1. The predicted molar refractivity (Wildman–Crippen MR) is 71.3 cm³/mol. The van der Waals surface area contributed by atoms with Gasteiger partial charge in [-0.2, -0.15) is 0 Å². The number of halogens is 1. The molecular formula is C13H20ClNO2. The Morgan fingerprint density at radius 2 is 1.94 bits per heavy atom. The van der Waals surface area contributed by atoms with Gasteiger partial charge in [-0.25, -0.2) is 0 Å². The van der Waals surface area contributed by atoms with E-state index in [4.69, 9.17) is 26.8 Å². The summed E-state index contributed by atoms with van der Waals surface area (Å²) in [5.41, 5.74) is 7.68. The van der Waals surface area contributed by atoms with E-state index in [1.54, 1.807) is 20.3 Å². The molecule has 0 fully saturated rings. The summed E-state index contributed by atoms with van der Waals surface area (Å²) in [7, 11) is 3.27. The molecule has 1 rings (SSSR count). The lowest BCUT2D eigenvalue weighted by Gasteiger charge is -2.16. The van der Waals surface area contributed by atoms with E-state index < -0.39 is 0 Å². The predicted octanol–water partition coefficient (Wildman–Crippen LogP) is 2.95. The molecule has 0 heterocycles. The van der Waals surface area contributed by atoms with E-state index in [-0.39, 0.29) is 0 Å². The van der Waals surface area contributed by atoms with Gasteiger partial charge in [0.1, 0.15) is 0 Å². The monoisotopic (exact) mass is 257 g/mol. The lowest BCUT2D eigenvalue weighted by Crippen LogP contribution is -2.03. The highest BCUT2D eigenvalue weighted by atomic mass is 35.5. The summed E-state index contributed by atoms with van der Waals surface area (Å²) in [5.74, 6) is 1.47. The third-order valence-corrected chi connectivity index (χ3v) is 3.26. The van der Waals surface area contributed by atoms with Crippen LogP contribution in [-0.2, 0) is 6.42 Å². The highest BCUT2D eigenvalue weighted by molar-refractivity contribution is 6.31. The first kappa shape index (κ1) is 14.1. The van der Waals surface area contributed by atoms with Gasteiger partial charge in [0.25, 0.3) is 0 Å². The minimum atomic E-state index is 0.686. The van der Waals surface area contributed by atoms with Crippen LogP contribution in [0.25, 0.3) is 0 Å². The molecule has 2 N–H and O–H groups in total. The van der Waals surface area contributed by atoms with Crippen LogP contribution in [-0.4, -0.2) is 20.8 Å². The van der Waals surface area contributed by atoms with Crippen molar-refractivity contribution in [3.8, 4) is 11.5 Å². The number of methoxy groups -OCH3 is 2. The molecule has 0 bridgehead atoms. The lowest BCUT2D eigenvalue weighted by molar-refractivity contribution is 0.351. The zero-order valence-electron chi connectivity index (χ0n) is 10.7. The van der Waals surface area contributed by atoms with E-state index in [9.17, 15) is 0 Å². The van der Waals surface area contributed by atoms with Crippen LogP contribution in [0.4, 0.5) is 0 Å². The van der Waals surface area contributed by atoms with Crippen molar-refractivity contribution in [2.45, 2.75) is 26.2 Å². The molecule has 0 saturated carbocycles. The molecule has 0 spiro atoms. The standard InChI is InChI=1S/C13H20ClNO2/c1-9-10(6-4-5-7-15)13(17-3)12(16-2)8-11(9)14/h8H,4-7,15H2,1-3H3. The van der Waals surface area contributed by atoms with Crippen molar-refractivity contribution >= 4 is 11.6 Å². The Balaban J connectivity index is 3.09. The molecule has 0 amide bonds. The fourth-order valence-corrected chi connectivity index (χ4v) is 2.09. The zero-order chi connectivity index (χ0) is 12.8. The number of nitrogens with two attached hydrogens (primary N) is 1. The van der Waals surface area contributed by atoms with Gasteiger partial charge in [0.05, 0.1) is 14.2 Å². The normalized spacial score (nSPS) is 10.4. The van der Waals surface area contributed by atoms with Crippen molar-refractivity contribution in [2.75, 3.05) is 20.8 Å². The SMILES string of the molecule is COc1cc(Cl)c(C)c(CCCCN)c1OC. The second kappa shape index (κ2) is 6.72. The molecule has 0 aliphatic heterocycles. The molecule has 0 saturated heterocycles. The largest absolute Gasteiger partial charge is 0.493 e. The highest BCUT2D eigenvalue weighted by Crippen LogP contribution is 2.38. The molecule has 0 atom stereocenters. The molecule has 3 nitrogen and oxygen atoms in total. The molecule has 4 heteroatoms. The third kappa shape index (κ3) is 3.27. The van der Waals surface area contributed by atoms with Gasteiger partial charge in [0.15, 0.2) is 11.5 Å². The first-order chi connectivity index (χ1) is 8.15. The zero-order valence-corrected chi connectivity index (χ0v) is 11.4. The van der Waals surface area contributed by atoms with Crippen LogP contribution in [0.2, 0.25) is 5.02 Å². The average Bonchev–Trinajstić information content (AvgIpc) is 2.34. The van der Waals surface area contributed by atoms with Crippen molar-refractivity contribution in [1.29, 1.82) is 0 Å². The van der Waals surface area contributed by atoms with Crippen molar-refractivity contribution in [3.05, 3.63) is 22.2 Å². The second-order valence-corrected chi connectivity index (χ2v) is 4.35. The number of hydrogen-bond acceptors (Lipinski definition) is 3. The quantitative estimate of drug-likeness (QED) is 0.797. The maximum atomic E-state index is 6.18. The van der Waals surface area contributed by atoms with Crippen molar-refractivity contribution < 1.29 is 9.47 Å². The Morgan fingerprint density at radius 3 is 2.47 bits per heavy atom. The van der Waals surface area contributed by atoms with E-state index in [0.29, 0.717) is 17.3 Å². The summed E-state index contributed by atoms with van der Waals surface area (Å²) < 4.78 is 10.7. The van der Waals surface area contributed by atoms with E-state index in [2.05, 4.69) is 0 Å². The van der Waals surface area contributed by atoms with Gasteiger partial charge in [-0.15, -0.1) is 0 Å². The first-order valence-corrected chi connectivity index (χ1v) is 6.13. The molecule has 0 aliphatic rings. The van der Waals surface area contributed by atoms with Gasteiger partial charge in [-0.05, 0) is 38.3 Å².